The van der Waals surface area contributed by atoms with Crippen molar-refractivity contribution >= 4 is 5.78 Å². The van der Waals surface area contributed by atoms with E-state index in [1.165, 1.54) is 52.1 Å². The SMILES string of the molecule is CCCCCCCCCCC(CC(OC)C(OC)C(O)C(=O)c1ccccc1)OC. The summed E-state index contributed by atoms with van der Waals surface area (Å²) in [6.45, 7) is 2.24. The highest BCUT2D eigenvalue weighted by molar-refractivity contribution is 5.99. The van der Waals surface area contributed by atoms with Crippen molar-refractivity contribution in [1.29, 1.82) is 0 Å². The van der Waals surface area contributed by atoms with Gasteiger partial charge in [0, 0.05) is 33.3 Å². The molecule has 0 amide bonds. The first-order valence-electron chi connectivity index (χ1n) is 11.4. The molecule has 5 heteroatoms. The van der Waals surface area contributed by atoms with E-state index >= 15 is 0 Å². The van der Waals surface area contributed by atoms with Gasteiger partial charge in [0.15, 0.2) is 5.78 Å². The number of benzene rings is 1. The Morgan fingerprint density at radius 1 is 0.867 bits per heavy atom. The highest BCUT2D eigenvalue weighted by Crippen LogP contribution is 2.21. The number of ether oxygens (including phenoxy) is 3. The number of aliphatic hydroxyl groups excluding tert-OH is 1. The van der Waals surface area contributed by atoms with E-state index in [1.807, 2.05) is 6.07 Å². The Morgan fingerprint density at radius 2 is 1.47 bits per heavy atom. The molecule has 0 fully saturated rings. The first-order valence-corrected chi connectivity index (χ1v) is 11.4. The highest BCUT2D eigenvalue weighted by Gasteiger charge is 2.35. The number of aliphatic hydroxyl groups is 1. The van der Waals surface area contributed by atoms with E-state index < -0.39 is 18.3 Å². The third kappa shape index (κ3) is 9.69. The lowest BCUT2D eigenvalue weighted by Gasteiger charge is -2.30. The fourth-order valence-corrected chi connectivity index (χ4v) is 3.87. The van der Waals surface area contributed by atoms with Gasteiger partial charge in [0.25, 0.3) is 0 Å². The van der Waals surface area contributed by atoms with Crippen molar-refractivity contribution in [2.75, 3.05) is 21.3 Å². The molecule has 1 aromatic rings. The van der Waals surface area contributed by atoms with Crippen LogP contribution in [0.25, 0.3) is 0 Å². The molecule has 0 saturated carbocycles. The molecule has 0 aliphatic carbocycles. The van der Waals surface area contributed by atoms with E-state index in [1.54, 1.807) is 38.5 Å². The second kappa shape index (κ2) is 16.4. The molecule has 4 unspecified atom stereocenters. The molecule has 1 rings (SSSR count). The van der Waals surface area contributed by atoms with Gasteiger partial charge in [0.1, 0.15) is 12.2 Å². The van der Waals surface area contributed by atoms with Crippen LogP contribution in [0.1, 0.15) is 81.5 Å². The van der Waals surface area contributed by atoms with Gasteiger partial charge >= 0.3 is 0 Å². The molecule has 30 heavy (non-hydrogen) atoms. The molecule has 1 N–H and O–H groups in total. The minimum Gasteiger partial charge on any atom is -0.382 e. The molecule has 0 aromatic heterocycles. The fourth-order valence-electron chi connectivity index (χ4n) is 3.87. The number of ketones is 1. The van der Waals surface area contributed by atoms with Crippen LogP contribution in [-0.4, -0.2) is 56.6 Å². The molecule has 1 aromatic carbocycles. The summed E-state index contributed by atoms with van der Waals surface area (Å²) < 4.78 is 16.8. The lowest BCUT2D eigenvalue weighted by atomic mass is 9.94. The van der Waals surface area contributed by atoms with Crippen LogP contribution >= 0.6 is 0 Å². The number of methoxy groups -OCH3 is 3. The first-order chi connectivity index (χ1) is 14.6. The van der Waals surface area contributed by atoms with Crippen LogP contribution in [0.3, 0.4) is 0 Å². The van der Waals surface area contributed by atoms with Gasteiger partial charge in [-0.05, 0) is 6.42 Å². The number of rotatable bonds is 18. The maximum absolute atomic E-state index is 12.6. The van der Waals surface area contributed by atoms with E-state index in [-0.39, 0.29) is 11.9 Å². The molecule has 0 spiro atoms. The average Bonchev–Trinajstić information content (AvgIpc) is 2.79. The number of unbranched alkanes of at least 4 members (excludes halogenated alkanes) is 7. The van der Waals surface area contributed by atoms with Crippen LogP contribution in [-0.2, 0) is 14.2 Å². The molecular formula is C25H42O5. The maximum Gasteiger partial charge on any atom is 0.194 e. The third-order valence-electron chi connectivity index (χ3n) is 5.79. The average molecular weight is 423 g/mol. The Hall–Kier alpha value is -1.27. The van der Waals surface area contributed by atoms with E-state index in [9.17, 15) is 9.90 Å². The van der Waals surface area contributed by atoms with Crippen LogP contribution in [0.4, 0.5) is 0 Å². The van der Waals surface area contributed by atoms with Gasteiger partial charge in [-0.2, -0.15) is 0 Å². The Balaban J connectivity index is 2.51. The molecule has 0 aliphatic rings. The molecule has 0 heterocycles. The van der Waals surface area contributed by atoms with Crippen molar-refractivity contribution in [3.63, 3.8) is 0 Å². The number of hydrogen-bond donors (Lipinski definition) is 1. The summed E-state index contributed by atoms with van der Waals surface area (Å²) in [5.41, 5.74) is 0.462. The zero-order valence-corrected chi connectivity index (χ0v) is 19.3. The van der Waals surface area contributed by atoms with Crippen LogP contribution in [0, 0.1) is 0 Å². The van der Waals surface area contributed by atoms with Gasteiger partial charge in [-0.1, -0.05) is 88.6 Å². The summed E-state index contributed by atoms with van der Waals surface area (Å²) in [5, 5.41) is 10.7. The van der Waals surface area contributed by atoms with E-state index in [2.05, 4.69) is 6.92 Å². The van der Waals surface area contributed by atoms with E-state index in [0.717, 1.165) is 12.8 Å². The molecule has 4 atom stereocenters. The maximum atomic E-state index is 12.6. The Bertz CT molecular complexity index is 548. The van der Waals surface area contributed by atoms with E-state index in [4.69, 9.17) is 14.2 Å². The second-order valence-corrected chi connectivity index (χ2v) is 8.01. The molecular weight excluding hydrogens is 380 g/mol. The first kappa shape index (κ1) is 26.8. The lowest BCUT2D eigenvalue weighted by Crippen LogP contribution is -2.46. The third-order valence-corrected chi connectivity index (χ3v) is 5.79. The fraction of sp³-hybridized carbons (Fsp3) is 0.720. The molecule has 0 bridgehead atoms. The summed E-state index contributed by atoms with van der Waals surface area (Å²) in [6.07, 6.45) is 9.20. The molecule has 0 aliphatic heterocycles. The predicted molar refractivity (Wildman–Crippen MR) is 121 cm³/mol. The number of carbonyl (C=O) groups is 1. The summed E-state index contributed by atoms with van der Waals surface area (Å²) >= 11 is 0. The van der Waals surface area contributed by atoms with Gasteiger partial charge in [-0.25, -0.2) is 0 Å². The van der Waals surface area contributed by atoms with Crippen molar-refractivity contribution in [1.82, 2.24) is 0 Å². The predicted octanol–water partition coefficient (Wildman–Crippen LogP) is 5.20. The van der Waals surface area contributed by atoms with Crippen molar-refractivity contribution in [2.24, 2.45) is 0 Å². The number of Topliss-reactive ketones (excluding diaryl/α,β-unsaturated/α-hetero) is 1. The second-order valence-electron chi connectivity index (χ2n) is 8.01. The zero-order valence-electron chi connectivity index (χ0n) is 19.3. The zero-order chi connectivity index (χ0) is 22.2. The molecule has 5 nitrogen and oxygen atoms in total. The normalized spacial score (nSPS) is 15.5. The van der Waals surface area contributed by atoms with Crippen LogP contribution in [0.2, 0.25) is 0 Å². The largest absolute Gasteiger partial charge is 0.382 e. The molecule has 0 radical (unpaired) electrons. The summed E-state index contributed by atoms with van der Waals surface area (Å²) in [5.74, 6) is -0.360. The Kier molecular flexibility index (Phi) is 14.7. The van der Waals surface area contributed by atoms with Gasteiger partial charge in [-0.15, -0.1) is 0 Å². The smallest absolute Gasteiger partial charge is 0.194 e. The van der Waals surface area contributed by atoms with Crippen molar-refractivity contribution in [2.45, 2.75) is 95.5 Å². The topological polar surface area (TPSA) is 65.0 Å². The minimum atomic E-state index is -1.29. The molecule has 0 saturated heterocycles. The summed E-state index contributed by atoms with van der Waals surface area (Å²) in [4.78, 5) is 12.6. The number of carbonyl (C=O) groups excluding carboxylic acids is 1. The minimum absolute atomic E-state index is 0.00622. The standard InChI is InChI=1S/C25H42O5/c1-5-6-7-8-9-10-11-15-18-21(28-2)19-22(29-3)25(30-4)24(27)23(26)20-16-13-12-14-17-20/h12-14,16-17,21-22,24-25,27H,5-11,15,18-19H2,1-4H3. The van der Waals surface area contributed by atoms with Crippen LogP contribution in [0.15, 0.2) is 30.3 Å². The van der Waals surface area contributed by atoms with Gasteiger partial charge < -0.3 is 19.3 Å². The van der Waals surface area contributed by atoms with Gasteiger partial charge in [0.2, 0.25) is 0 Å². The Labute approximate surface area is 183 Å². The van der Waals surface area contributed by atoms with Crippen LogP contribution < -0.4 is 0 Å². The quantitative estimate of drug-likeness (QED) is 0.260. The van der Waals surface area contributed by atoms with Crippen LogP contribution in [0.5, 0.6) is 0 Å². The number of hydrogen-bond acceptors (Lipinski definition) is 5. The molecule has 172 valence electrons. The lowest BCUT2D eigenvalue weighted by molar-refractivity contribution is -0.0999. The van der Waals surface area contributed by atoms with Gasteiger partial charge in [0.05, 0.1) is 12.2 Å². The Morgan fingerprint density at radius 3 is 2.00 bits per heavy atom. The van der Waals surface area contributed by atoms with Gasteiger partial charge in [-0.3, -0.25) is 4.79 Å². The monoisotopic (exact) mass is 422 g/mol. The summed E-state index contributed by atoms with van der Waals surface area (Å²) in [6, 6.07) is 8.78. The van der Waals surface area contributed by atoms with Crippen molar-refractivity contribution in [3.05, 3.63) is 35.9 Å². The van der Waals surface area contributed by atoms with E-state index in [0.29, 0.717) is 12.0 Å². The van der Waals surface area contributed by atoms with Crippen molar-refractivity contribution < 1.29 is 24.1 Å². The summed E-state index contributed by atoms with van der Waals surface area (Å²) in [7, 11) is 4.79. The highest BCUT2D eigenvalue weighted by atomic mass is 16.5. The van der Waals surface area contributed by atoms with Crippen molar-refractivity contribution in [3.8, 4) is 0 Å².